The summed E-state index contributed by atoms with van der Waals surface area (Å²) in [5.74, 6) is 0.536. The Labute approximate surface area is 221 Å². The fraction of sp³-hybridized carbons (Fsp3) is 0.115. The van der Waals surface area contributed by atoms with Crippen molar-refractivity contribution >= 4 is 28.9 Å². The van der Waals surface area contributed by atoms with E-state index in [4.69, 9.17) is 4.74 Å². The normalized spacial score (nSPS) is 14.3. The monoisotopic (exact) mass is 527 g/mol. The molecule has 1 aliphatic rings. The Kier molecular flexibility index (Phi) is 6.46. The van der Waals surface area contributed by atoms with Gasteiger partial charge in [-0.05, 0) is 36.8 Å². The number of rotatable bonds is 7. The number of amides is 1. The third-order valence-corrected chi connectivity index (χ3v) is 6.19. The van der Waals surface area contributed by atoms with Gasteiger partial charge in [-0.25, -0.2) is 4.68 Å². The number of nitro benzene ring substituents is 2. The lowest BCUT2D eigenvalue weighted by molar-refractivity contribution is -0.385. The zero-order valence-corrected chi connectivity index (χ0v) is 20.7. The molecule has 0 saturated carbocycles. The van der Waals surface area contributed by atoms with Crippen molar-refractivity contribution in [2.24, 2.45) is 0 Å². The van der Waals surface area contributed by atoms with Gasteiger partial charge in [0.1, 0.15) is 11.8 Å². The summed E-state index contributed by atoms with van der Waals surface area (Å²) < 4.78 is 6.83. The largest absolute Gasteiger partial charge is 0.495 e. The molecule has 3 aromatic carbocycles. The molecule has 0 aliphatic carbocycles. The van der Waals surface area contributed by atoms with Crippen LogP contribution in [0.4, 0.5) is 23.0 Å². The number of aromatic nitrogens is 3. The van der Waals surface area contributed by atoms with Crippen molar-refractivity contribution in [1.29, 1.82) is 0 Å². The fourth-order valence-electron chi connectivity index (χ4n) is 4.35. The van der Waals surface area contributed by atoms with Crippen LogP contribution in [0.15, 0.2) is 84.1 Å². The maximum atomic E-state index is 13.7. The molecule has 1 aliphatic heterocycles. The molecule has 13 heteroatoms. The van der Waals surface area contributed by atoms with Crippen molar-refractivity contribution < 1.29 is 19.4 Å². The first-order chi connectivity index (χ1) is 18.8. The number of non-ortho nitro benzene ring substituents is 2. The molecule has 1 aromatic heterocycles. The molecule has 0 bridgehead atoms. The van der Waals surface area contributed by atoms with Gasteiger partial charge in [-0.2, -0.15) is 4.98 Å². The number of nitrogens with zero attached hydrogens (tertiary/aromatic N) is 5. The number of para-hydroxylation sites is 2. The highest BCUT2D eigenvalue weighted by molar-refractivity contribution is 6.06. The summed E-state index contributed by atoms with van der Waals surface area (Å²) in [4.78, 5) is 39.8. The Morgan fingerprint density at radius 1 is 1.00 bits per heavy atom. The molecular formula is C26H21N7O6. The zero-order chi connectivity index (χ0) is 27.7. The molecule has 5 rings (SSSR count). The van der Waals surface area contributed by atoms with Crippen LogP contribution in [0, 0.1) is 20.2 Å². The van der Waals surface area contributed by atoms with Crippen LogP contribution < -0.4 is 15.4 Å². The van der Waals surface area contributed by atoms with Crippen LogP contribution in [0.25, 0.3) is 11.4 Å². The Morgan fingerprint density at radius 3 is 2.41 bits per heavy atom. The van der Waals surface area contributed by atoms with Crippen LogP contribution in [0.5, 0.6) is 5.75 Å². The van der Waals surface area contributed by atoms with E-state index in [9.17, 15) is 25.0 Å². The second kappa shape index (κ2) is 10.0. The maximum Gasteiger partial charge on any atom is 0.269 e. The van der Waals surface area contributed by atoms with Gasteiger partial charge in [0.05, 0.1) is 28.2 Å². The first-order valence-corrected chi connectivity index (χ1v) is 11.6. The van der Waals surface area contributed by atoms with E-state index < -0.39 is 21.8 Å². The molecule has 4 aromatic rings. The number of ether oxygens (including phenoxy) is 1. The van der Waals surface area contributed by atoms with E-state index in [1.165, 1.54) is 54.3 Å². The average molecular weight is 527 g/mol. The zero-order valence-electron chi connectivity index (χ0n) is 20.7. The number of benzene rings is 3. The molecule has 1 unspecified atom stereocenters. The van der Waals surface area contributed by atoms with Gasteiger partial charge >= 0.3 is 0 Å². The minimum absolute atomic E-state index is 0.0804. The summed E-state index contributed by atoms with van der Waals surface area (Å²) >= 11 is 0. The Morgan fingerprint density at radius 2 is 1.72 bits per heavy atom. The highest BCUT2D eigenvalue weighted by Gasteiger charge is 2.35. The van der Waals surface area contributed by atoms with Crippen molar-refractivity contribution in [2.45, 2.75) is 13.0 Å². The quantitative estimate of drug-likeness (QED) is 0.256. The smallest absolute Gasteiger partial charge is 0.269 e. The van der Waals surface area contributed by atoms with Crippen molar-refractivity contribution in [3.63, 3.8) is 0 Å². The lowest BCUT2D eigenvalue weighted by Crippen LogP contribution is -2.31. The fourth-order valence-corrected chi connectivity index (χ4v) is 4.35. The number of hydrogen-bond acceptors (Lipinski definition) is 9. The van der Waals surface area contributed by atoms with Gasteiger partial charge in [0, 0.05) is 35.5 Å². The van der Waals surface area contributed by atoms with Gasteiger partial charge in [0.15, 0.2) is 5.82 Å². The van der Waals surface area contributed by atoms with E-state index in [0.29, 0.717) is 34.2 Å². The first kappa shape index (κ1) is 25.1. The van der Waals surface area contributed by atoms with Crippen LogP contribution in [0.3, 0.4) is 0 Å². The number of anilines is 2. The number of nitro groups is 2. The van der Waals surface area contributed by atoms with E-state index in [1.54, 1.807) is 37.3 Å². The summed E-state index contributed by atoms with van der Waals surface area (Å²) in [5.41, 5.74) is 1.90. The SMILES string of the molecule is COc1ccccc1NC(=O)C1=C(C)Nc2nc(-c3ccc([N+](=O)[O-])cc3)nn2C1c1cccc([N+](=O)[O-])c1. The molecular weight excluding hydrogens is 506 g/mol. The number of carbonyl (C=O) groups excluding carboxylic acids is 1. The van der Waals surface area contributed by atoms with E-state index >= 15 is 0 Å². The molecule has 2 heterocycles. The summed E-state index contributed by atoms with van der Waals surface area (Å²) in [5, 5.41) is 33.2. The summed E-state index contributed by atoms with van der Waals surface area (Å²) in [6, 6.07) is 17.7. The molecule has 0 saturated heterocycles. The molecule has 2 N–H and O–H groups in total. The van der Waals surface area contributed by atoms with Crippen molar-refractivity contribution in [2.75, 3.05) is 17.7 Å². The minimum atomic E-state index is -0.879. The summed E-state index contributed by atoms with van der Waals surface area (Å²) in [6.07, 6.45) is 0. The molecule has 13 nitrogen and oxygen atoms in total. The lowest BCUT2D eigenvalue weighted by Gasteiger charge is -2.28. The number of carbonyl (C=O) groups is 1. The van der Waals surface area contributed by atoms with Gasteiger partial charge in [-0.3, -0.25) is 25.0 Å². The summed E-state index contributed by atoms with van der Waals surface area (Å²) in [7, 11) is 1.49. The van der Waals surface area contributed by atoms with Crippen molar-refractivity contribution in [1.82, 2.24) is 14.8 Å². The Hall–Kier alpha value is -5.59. The lowest BCUT2D eigenvalue weighted by atomic mass is 9.94. The van der Waals surface area contributed by atoms with Crippen LogP contribution in [-0.4, -0.2) is 37.6 Å². The molecule has 0 radical (unpaired) electrons. The van der Waals surface area contributed by atoms with Crippen LogP contribution >= 0.6 is 0 Å². The topological polar surface area (TPSA) is 167 Å². The van der Waals surface area contributed by atoms with Gasteiger partial charge < -0.3 is 15.4 Å². The standard InChI is InChI=1S/C26H21N7O6/c1-15-22(25(34)28-20-8-3-4-9-21(20)39-2)23(17-6-5-7-19(14-17)33(37)38)31-26(27-15)29-24(30-31)16-10-12-18(13-11-16)32(35)36/h3-14,23H,1-2H3,(H,28,34)(H,27,29,30). The van der Waals surface area contributed by atoms with Gasteiger partial charge in [0.2, 0.25) is 5.95 Å². The van der Waals surface area contributed by atoms with E-state index in [-0.39, 0.29) is 22.8 Å². The second-order valence-electron chi connectivity index (χ2n) is 8.58. The van der Waals surface area contributed by atoms with E-state index in [0.717, 1.165) is 0 Å². The number of fused-ring (bicyclic) bond motifs is 1. The van der Waals surface area contributed by atoms with Crippen LogP contribution in [-0.2, 0) is 4.79 Å². The van der Waals surface area contributed by atoms with Crippen LogP contribution in [0.1, 0.15) is 18.5 Å². The second-order valence-corrected chi connectivity index (χ2v) is 8.58. The van der Waals surface area contributed by atoms with Gasteiger partial charge in [-0.1, -0.05) is 24.3 Å². The predicted octanol–water partition coefficient (Wildman–Crippen LogP) is 4.70. The van der Waals surface area contributed by atoms with Crippen LogP contribution in [0.2, 0.25) is 0 Å². The highest BCUT2D eigenvalue weighted by Crippen LogP contribution is 2.38. The van der Waals surface area contributed by atoms with E-state index in [2.05, 4.69) is 20.7 Å². The Balaban J connectivity index is 1.61. The van der Waals surface area contributed by atoms with Crippen molar-refractivity contribution in [3.8, 4) is 17.1 Å². The first-order valence-electron chi connectivity index (χ1n) is 11.6. The predicted molar refractivity (Wildman–Crippen MR) is 141 cm³/mol. The average Bonchev–Trinajstić information content (AvgIpc) is 3.36. The maximum absolute atomic E-state index is 13.7. The van der Waals surface area contributed by atoms with E-state index in [1.807, 2.05) is 0 Å². The molecule has 0 spiro atoms. The molecule has 1 atom stereocenters. The van der Waals surface area contributed by atoms with Gasteiger partial charge in [0.25, 0.3) is 17.3 Å². The third-order valence-electron chi connectivity index (χ3n) is 6.19. The van der Waals surface area contributed by atoms with Crippen molar-refractivity contribution in [3.05, 3.63) is 110 Å². The number of nitrogens with one attached hydrogen (secondary N) is 2. The summed E-state index contributed by atoms with van der Waals surface area (Å²) in [6.45, 7) is 1.70. The molecule has 39 heavy (non-hydrogen) atoms. The minimum Gasteiger partial charge on any atom is -0.495 e. The number of hydrogen-bond donors (Lipinski definition) is 2. The molecule has 1 amide bonds. The third kappa shape index (κ3) is 4.75. The molecule has 196 valence electrons. The highest BCUT2D eigenvalue weighted by atomic mass is 16.6. The number of methoxy groups -OCH3 is 1. The molecule has 0 fully saturated rings. The Bertz CT molecular complexity index is 1640. The number of allylic oxidation sites excluding steroid dienone is 1. The van der Waals surface area contributed by atoms with Gasteiger partial charge in [-0.15, -0.1) is 5.10 Å².